The van der Waals surface area contributed by atoms with Gasteiger partial charge in [0, 0.05) is 23.3 Å². The van der Waals surface area contributed by atoms with Gasteiger partial charge in [0.25, 0.3) is 0 Å². The normalized spacial score (nSPS) is 10.5. The van der Waals surface area contributed by atoms with Crippen LogP contribution >= 0.6 is 34.4 Å². The Kier molecular flexibility index (Phi) is 5.77. The Morgan fingerprint density at radius 2 is 2.24 bits per heavy atom. The summed E-state index contributed by atoms with van der Waals surface area (Å²) in [4.78, 5) is 27.2. The number of aryl methyl sites for hydroxylation is 1. The molecule has 0 bridgehead atoms. The highest BCUT2D eigenvalue weighted by atomic mass is 32.2. The van der Waals surface area contributed by atoms with Crippen molar-refractivity contribution in [2.24, 2.45) is 0 Å². The Morgan fingerprint density at radius 3 is 2.90 bits per heavy atom. The summed E-state index contributed by atoms with van der Waals surface area (Å²) in [5, 5.41) is 16.3. The number of rotatable bonds is 7. The van der Waals surface area contributed by atoms with Crippen LogP contribution in [0.15, 0.2) is 16.8 Å². The summed E-state index contributed by atoms with van der Waals surface area (Å²) >= 11 is 4.36. The van der Waals surface area contributed by atoms with Crippen LogP contribution in [0.2, 0.25) is 0 Å². The largest absolute Gasteiger partial charge is 0.477 e. The predicted molar refractivity (Wildman–Crippen MR) is 87.5 cm³/mol. The molecule has 112 valence electrons. The van der Waals surface area contributed by atoms with E-state index in [4.69, 9.17) is 5.11 Å². The van der Waals surface area contributed by atoms with Crippen LogP contribution in [0.25, 0.3) is 0 Å². The number of carboxylic acids is 1. The summed E-state index contributed by atoms with van der Waals surface area (Å²) in [5.41, 5.74) is 1.41. The lowest BCUT2D eigenvalue weighted by atomic mass is 10.3. The van der Waals surface area contributed by atoms with Crippen molar-refractivity contribution >= 4 is 52.0 Å². The van der Waals surface area contributed by atoms with E-state index in [1.165, 1.54) is 0 Å². The number of amides is 1. The zero-order valence-electron chi connectivity index (χ0n) is 11.3. The number of carboxylic acid groups (broad SMARTS) is 1. The lowest BCUT2D eigenvalue weighted by molar-refractivity contribution is -0.115. The molecular weight excluding hydrogens is 328 g/mol. The zero-order chi connectivity index (χ0) is 15.2. The number of aromatic carboxylic acids is 1. The SMILES string of the molecule is Cc1nc(CSCCC(=O)Nc2ccsc2C(=O)O)cs1. The van der Waals surface area contributed by atoms with Crippen LogP contribution < -0.4 is 5.32 Å². The van der Waals surface area contributed by atoms with Crippen molar-refractivity contribution in [3.05, 3.63) is 32.4 Å². The highest BCUT2D eigenvalue weighted by Gasteiger charge is 2.13. The van der Waals surface area contributed by atoms with E-state index in [1.807, 2.05) is 12.3 Å². The molecule has 2 rings (SSSR count). The van der Waals surface area contributed by atoms with Crippen LogP contribution in [0.1, 0.15) is 26.8 Å². The number of anilines is 1. The molecule has 0 aliphatic rings. The molecule has 2 N–H and O–H groups in total. The molecule has 0 unspecified atom stereocenters. The van der Waals surface area contributed by atoms with Gasteiger partial charge in [0.2, 0.25) is 5.91 Å². The molecule has 0 fully saturated rings. The summed E-state index contributed by atoms with van der Waals surface area (Å²) in [6.07, 6.45) is 0.350. The molecule has 0 radical (unpaired) electrons. The van der Waals surface area contributed by atoms with E-state index in [-0.39, 0.29) is 10.8 Å². The minimum atomic E-state index is -1.02. The van der Waals surface area contributed by atoms with Gasteiger partial charge in [0.15, 0.2) is 0 Å². The van der Waals surface area contributed by atoms with Crippen molar-refractivity contribution < 1.29 is 14.7 Å². The van der Waals surface area contributed by atoms with Gasteiger partial charge in [-0.1, -0.05) is 0 Å². The lowest BCUT2D eigenvalue weighted by Crippen LogP contribution is -2.13. The van der Waals surface area contributed by atoms with Crippen LogP contribution in [0.5, 0.6) is 0 Å². The van der Waals surface area contributed by atoms with E-state index in [9.17, 15) is 9.59 Å². The molecule has 2 aromatic rings. The molecule has 21 heavy (non-hydrogen) atoms. The van der Waals surface area contributed by atoms with Crippen LogP contribution in [0.4, 0.5) is 5.69 Å². The van der Waals surface area contributed by atoms with Gasteiger partial charge >= 0.3 is 5.97 Å². The number of hydrogen-bond donors (Lipinski definition) is 2. The standard InChI is InChI=1S/C13H14N2O3S3/c1-8-14-9(7-21-8)6-19-4-3-11(16)15-10-2-5-20-12(10)13(17)18/h2,5,7H,3-4,6H2,1H3,(H,15,16)(H,17,18). The molecule has 0 atom stereocenters. The monoisotopic (exact) mass is 342 g/mol. The smallest absolute Gasteiger partial charge is 0.348 e. The van der Waals surface area contributed by atoms with E-state index in [0.29, 0.717) is 17.9 Å². The number of carbonyl (C=O) groups is 2. The van der Waals surface area contributed by atoms with Crippen LogP contribution in [0, 0.1) is 6.92 Å². The third kappa shape index (κ3) is 4.83. The first-order chi connectivity index (χ1) is 10.1. The van der Waals surface area contributed by atoms with Crippen molar-refractivity contribution in [1.29, 1.82) is 0 Å². The first kappa shape index (κ1) is 16.0. The quantitative estimate of drug-likeness (QED) is 0.753. The van der Waals surface area contributed by atoms with Crippen molar-refractivity contribution in [1.82, 2.24) is 4.98 Å². The number of thiazole rings is 1. The average Bonchev–Trinajstić information content (AvgIpc) is 3.04. The Labute approximate surface area is 134 Å². The molecule has 0 aliphatic carbocycles. The van der Waals surface area contributed by atoms with Crippen molar-refractivity contribution in [3.63, 3.8) is 0 Å². The summed E-state index contributed by atoms with van der Waals surface area (Å²) in [6.45, 7) is 1.97. The van der Waals surface area contributed by atoms with E-state index >= 15 is 0 Å². The topological polar surface area (TPSA) is 79.3 Å². The van der Waals surface area contributed by atoms with Gasteiger partial charge in [0.1, 0.15) is 4.88 Å². The highest BCUT2D eigenvalue weighted by Crippen LogP contribution is 2.22. The maximum Gasteiger partial charge on any atom is 0.348 e. The number of nitrogens with zero attached hydrogens (tertiary/aromatic N) is 1. The van der Waals surface area contributed by atoms with Gasteiger partial charge in [-0.2, -0.15) is 11.8 Å². The second kappa shape index (κ2) is 7.58. The van der Waals surface area contributed by atoms with Crippen LogP contribution in [0.3, 0.4) is 0 Å². The van der Waals surface area contributed by atoms with Gasteiger partial charge in [-0.25, -0.2) is 9.78 Å². The number of nitrogens with one attached hydrogen (secondary N) is 1. The molecule has 5 nitrogen and oxygen atoms in total. The fourth-order valence-corrected chi connectivity index (χ4v) is 3.84. The fraction of sp³-hybridized carbons (Fsp3) is 0.308. The molecule has 8 heteroatoms. The van der Waals surface area contributed by atoms with Crippen LogP contribution in [-0.4, -0.2) is 27.7 Å². The van der Waals surface area contributed by atoms with E-state index in [2.05, 4.69) is 10.3 Å². The minimum Gasteiger partial charge on any atom is -0.477 e. The molecule has 1 amide bonds. The van der Waals surface area contributed by atoms with Crippen LogP contribution in [-0.2, 0) is 10.5 Å². The third-order valence-electron chi connectivity index (χ3n) is 2.52. The summed E-state index contributed by atoms with van der Waals surface area (Å²) in [6, 6.07) is 1.61. The average molecular weight is 342 g/mol. The van der Waals surface area contributed by atoms with Crippen molar-refractivity contribution in [2.45, 2.75) is 19.1 Å². The Hall–Kier alpha value is -1.38. The van der Waals surface area contributed by atoms with Gasteiger partial charge in [-0.3, -0.25) is 4.79 Å². The van der Waals surface area contributed by atoms with E-state index in [0.717, 1.165) is 27.8 Å². The second-order valence-corrected chi connectivity index (χ2v) is 7.26. The van der Waals surface area contributed by atoms with Crippen molar-refractivity contribution in [2.75, 3.05) is 11.1 Å². The predicted octanol–water partition coefficient (Wildman–Crippen LogP) is 3.47. The zero-order valence-corrected chi connectivity index (χ0v) is 13.7. The van der Waals surface area contributed by atoms with Gasteiger partial charge < -0.3 is 10.4 Å². The molecule has 0 saturated heterocycles. The minimum absolute atomic E-state index is 0.161. The Balaban J connectivity index is 1.72. The molecule has 0 aromatic carbocycles. The summed E-state index contributed by atoms with van der Waals surface area (Å²) in [5.74, 6) is 0.275. The Bertz CT molecular complexity index is 636. The molecular formula is C13H14N2O3S3. The fourth-order valence-electron chi connectivity index (χ4n) is 1.60. The van der Waals surface area contributed by atoms with Crippen molar-refractivity contribution in [3.8, 4) is 0 Å². The molecule has 0 saturated carbocycles. The van der Waals surface area contributed by atoms with Gasteiger partial charge in [-0.15, -0.1) is 22.7 Å². The summed E-state index contributed by atoms with van der Waals surface area (Å²) < 4.78 is 0. The number of aromatic nitrogens is 1. The highest BCUT2D eigenvalue weighted by molar-refractivity contribution is 7.98. The van der Waals surface area contributed by atoms with Gasteiger partial charge in [0.05, 0.1) is 16.4 Å². The number of hydrogen-bond acceptors (Lipinski definition) is 6. The summed E-state index contributed by atoms with van der Waals surface area (Å²) in [7, 11) is 0. The van der Waals surface area contributed by atoms with Gasteiger partial charge in [-0.05, 0) is 18.4 Å². The molecule has 0 aliphatic heterocycles. The number of thiophene rings is 1. The maximum absolute atomic E-state index is 11.8. The Morgan fingerprint density at radius 1 is 1.43 bits per heavy atom. The lowest BCUT2D eigenvalue weighted by Gasteiger charge is -2.04. The molecule has 2 heterocycles. The first-order valence-corrected chi connectivity index (χ1v) is 9.07. The first-order valence-electron chi connectivity index (χ1n) is 6.15. The number of carbonyl (C=O) groups excluding carboxylic acids is 1. The second-order valence-electron chi connectivity index (χ2n) is 4.18. The van der Waals surface area contributed by atoms with E-state index in [1.54, 1.807) is 34.5 Å². The third-order valence-corrected chi connectivity index (χ3v) is 5.24. The van der Waals surface area contributed by atoms with E-state index < -0.39 is 5.97 Å². The molecule has 2 aromatic heterocycles. The number of thioether (sulfide) groups is 1. The molecule has 0 spiro atoms. The maximum atomic E-state index is 11.8.